The minimum atomic E-state index is 0.123. The maximum absolute atomic E-state index is 8.92. The molecular formula is C14H16N4S. The molecule has 0 fully saturated rings. The molecule has 1 atom stereocenters. The van der Waals surface area contributed by atoms with Crippen LogP contribution in [0.1, 0.15) is 39.7 Å². The van der Waals surface area contributed by atoms with Crippen LogP contribution in [0.5, 0.6) is 0 Å². The molecule has 4 nitrogen and oxygen atoms in total. The Balaban J connectivity index is 2.24. The van der Waals surface area contributed by atoms with Gasteiger partial charge in [-0.3, -0.25) is 0 Å². The summed E-state index contributed by atoms with van der Waals surface area (Å²) < 4.78 is 0. The van der Waals surface area contributed by atoms with E-state index in [1.165, 1.54) is 15.3 Å². The Labute approximate surface area is 117 Å². The highest BCUT2D eigenvalue weighted by atomic mass is 32.1. The first-order chi connectivity index (χ1) is 8.99. The molecule has 0 saturated heterocycles. The van der Waals surface area contributed by atoms with Crippen molar-refractivity contribution in [1.82, 2.24) is 9.97 Å². The Morgan fingerprint density at radius 1 is 1.26 bits per heavy atom. The molecule has 19 heavy (non-hydrogen) atoms. The first kappa shape index (κ1) is 13.5. The number of aromatic nitrogens is 2. The van der Waals surface area contributed by atoms with Gasteiger partial charge in [-0.05, 0) is 45.4 Å². The summed E-state index contributed by atoms with van der Waals surface area (Å²) in [7, 11) is 0. The second-order valence-electron chi connectivity index (χ2n) is 4.56. The van der Waals surface area contributed by atoms with E-state index >= 15 is 0 Å². The van der Waals surface area contributed by atoms with Gasteiger partial charge in [-0.1, -0.05) is 0 Å². The first-order valence-corrected chi connectivity index (χ1v) is 6.90. The summed E-state index contributed by atoms with van der Waals surface area (Å²) in [5, 5.41) is 12.2. The molecule has 2 aromatic heterocycles. The maximum atomic E-state index is 8.92. The van der Waals surface area contributed by atoms with Gasteiger partial charge in [-0.15, -0.1) is 11.3 Å². The molecule has 0 aliphatic heterocycles. The molecule has 0 saturated carbocycles. The number of thiophene rings is 1. The van der Waals surface area contributed by atoms with E-state index in [4.69, 9.17) is 5.26 Å². The first-order valence-electron chi connectivity index (χ1n) is 6.09. The molecule has 0 aromatic carbocycles. The van der Waals surface area contributed by atoms with Gasteiger partial charge < -0.3 is 5.32 Å². The smallest absolute Gasteiger partial charge is 0.224 e. The number of nitriles is 1. The zero-order chi connectivity index (χ0) is 14.0. The Bertz CT molecular complexity index is 639. The highest BCUT2D eigenvalue weighted by Crippen LogP contribution is 2.27. The van der Waals surface area contributed by atoms with Crippen LogP contribution in [0.2, 0.25) is 0 Å². The quantitative estimate of drug-likeness (QED) is 0.928. The topological polar surface area (TPSA) is 61.6 Å². The fraction of sp³-hybridized carbons (Fsp3) is 0.357. The van der Waals surface area contributed by atoms with Crippen molar-refractivity contribution in [2.75, 3.05) is 5.32 Å². The molecule has 1 N–H and O–H groups in total. The summed E-state index contributed by atoms with van der Waals surface area (Å²) in [5.74, 6) is 0.507. The Kier molecular flexibility index (Phi) is 3.82. The van der Waals surface area contributed by atoms with Gasteiger partial charge in [0.1, 0.15) is 11.8 Å². The number of rotatable bonds is 3. The van der Waals surface area contributed by atoms with Crippen LogP contribution in [-0.4, -0.2) is 9.97 Å². The molecule has 1 unspecified atom stereocenters. The molecule has 0 amide bonds. The fourth-order valence-electron chi connectivity index (χ4n) is 2.04. The lowest BCUT2D eigenvalue weighted by atomic mass is 10.1. The minimum Gasteiger partial charge on any atom is -0.348 e. The van der Waals surface area contributed by atoms with Crippen LogP contribution in [0.3, 0.4) is 0 Å². The van der Waals surface area contributed by atoms with Crippen LogP contribution in [0.4, 0.5) is 5.95 Å². The van der Waals surface area contributed by atoms with Crippen LogP contribution >= 0.6 is 11.3 Å². The van der Waals surface area contributed by atoms with Gasteiger partial charge in [0, 0.05) is 15.4 Å². The molecule has 0 aliphatic carbocycles. The lowest BCUT2D eigenvalue weighted by Crippen LogP contribution is -2.10. The van der Waals surface area contributed by atoms with Crippen molar-refractivity contribution in [1.29, 1.82) is 5.26 Å². The summed E-state index contributed by atoms with van der Waals surface area (Å²) >= 11 is 1.79. The summed E-state index contributed by atoms with van der Waals surface area (Å²) in [6.45, 7) is 8.15. The normalized spacial score (nSPS) is 11.9. The molecule has 2 aromatic rings. The van der Waals surface area contributed by atoms with Gasteiger partial charge in [0.2, 0.25) is 5.95 Å². The van der Waals surface area contributed by atoms with E-state index in [-0.39, 0.29) is 6.04 Å². The van der Waals surface area contributed by atoms with Crippen LogP contribution in [0.15, 0.2) is 12.1 Å². The highest BCUT2D eigenvalue weighted by molar-refractivity contribution is 7.12. The molecule has 0 aliphatic rings. The van der Waals surface area contributed by atoms with Crippen molar-refractivity contribution in [3.63, 3.8) is 0 Å². The molecule has 2 heterocycles. The van der Waals surface area contributed by atoms with E-state index in [0.717, 1.165) is 5.69 Å². The number of nitrogens with one attached hydrogen (secondary N) is 1. The van der Waals surface area contributed by atoms with E-state index in [9.17, 15) is 0 Å². The molecule has 5 heteroatoms. The summed E-state index contributed by atoms with van der Waals surface area (Å²) in [6.07, 6.45) is 0. The van der Waals surface area contributed by atoms with Crippen LogP contribution in [0, 0.1) is 32.1 Å². The predicted octanol–water partition coefficient (Wildman–Crippen LogP) is 3.51. The average Bonchev–Trinajstić information content (AvgIpc) is 2.67. The van der Waals surface area contributed by atoms with Crippen molar-refractivity contribution in [2.24, 2.45) is 0 Å². The Morgan fingerprint density at radius 2 is 2.00 bits per heavy atom. The van der Waals surface area contributed by atoms with Gasteiger partial charge in [-0.25, -0.2) is 9.97 Å². The highest BCUT2D eigenvalue weighted by Gasteiger charge is 2.12. The van der Waals surface area contributed by atoms with E-state index in [1.807, 2.05) is 13.0 Å². The van der Waals surface area contributed by atoms with Gasteiger partial charge in [0.25, 0.3) is 0 Å². The largest absolute Gasteiger partial charge is 0.348 e. The maximum Gasteiger partial charge on any atom is 0.224 e. The minimum absolute atomic E-state index is 0.123. The lowest BCUT2D eigenvalue weighted by molar-refractivity contribution is 0.853. The summed E-state index contributed by atoms with van der Waals surface area (Å²) in [5.41, 5.74) is 2.44. The molecule has 98 valence electrons. The van der Waals surface area contributed by atoms with Crippen LogP contribution in [0.25, 0.3) is 0 Å². The molecule has 0 spiro atoms. The van der Waals surface area contributed by atoms with Gasteiger partial charge in [-0.2, -0.15) is 5.26 Å². The van der Waals surface area contributed by atoms with Crippen molar-refractivity contribution in [3.05, 3.63) is 38.8 Å². The fourth-order valence-corrected chi connectivity index (χ4v) is 3.06. The molecular weight excluding hydrogens is 256 g/mol. The van der Waals surface area contributed by atoms with E-state index < -0.39 is 0 Å². The van der Waals surface area contributed by atoms with Gasteiger partial charge >= 0.3 is 0 Å². The van der Waals surface area contributed by atoms with Gasteiger partial charge in [0.15, 0.2) is 0 Å². The molecule has 0 radical (unpaired) electrons. The van der Waals surface area contributed by atoms with Crippen molar-refractivity contribution in [3.8, 4) is 6.07 Å². The third kappa shape index (κ3) is 3.09. The Morgan fingerprint density at radius 3 is 2.58 bits per heavy atom. The third-order valence-corrected chi connectivity index (χ3v) is 3.84. The van der Waals surface area contributed by atoms with Crippen LogP contribution in [-0.2, 0) is 0 Å². The van der Waals surface area contributed by atoms with Crippen LogP contribution < -0.4 is 5.32 Å². The average molecular weight is 272 g/mol. The zero-order valence-electron chi connectivity index (χ0n) is 11.5. The van der Waals surface area contributed by atoms with E-state index in [2.05, 4.69) is 42.1 Å². The number of hydrogen-bond acceptors (Lipinski definition) is 5. The summed E-state index contributed by atoms with van der Waals surface area (Å²) in [4.78, 5) is 11.1. The van der Waals surface area contributed by atoms with E-state index in [1.54, 1.807) is 17.4 Å². The third-order valence-electron chi connectivity index (χ3n) is 2.86. The monoisotopic (exact) mass is 272 g/mol. The second kappa shape index (κ2) is 5.37. The van der Waals surface area contributed by atoms with E-state index in [0.29, 0.717) is 11.6 Å². The van der Waals surface area contributed by atoms with Crippen molar-refractivity contribution >= 4 is 17.3 Å². The molecule has 2 rings (SSSR count). The number of aryl methyl sites for hydroxylation is 3. The predicted molar refractivity (Wildman–Crippen MR) is 77.3 cm³/mol. The number of anilines is 1. The lowest BCUT2D eigenvalue weighted by Gasteiger charge is -2.14. The zero-order valence-corrected chi connectivity index (χ0v) is 12.3. The molecule has 0 bridgehead atoms. The SMILES string of the molecule is Cc1cc(C#N)nc(NC(C)c2cc(C)sc2C)n1. The number of nitrogens with zero attached hydrogens (tertiary/aromatic N) is 3. The second-order valence-corrected chi connectivity index (χ2v) is 6.03. The van der Waals surface area contributed by atoms with Crippen molar-refractivity contribution in [2.45, 2.75) is 33.7 Å². The standard InChI is InChI=1S/C14H16N4S/c1-8-5-12(7-15)18-14(16-8)17-10(3)13-6-9(2)19-11(13)4/h5-6,10H,1-4H3,(H,16,17,18). The van der Waals surface area contributed by atoms with Gasteiger partial charge in [0.05, 0.1) is 6.04 Å². The summed E-state index contributed by atoms with van der Waals surface area (Å²) in [6, 6.07) is 6.03. The van der Waals surface area contributed by atoms with Crippen molar-refractivity contribution < 1.29 is 0 Å². The Hall–Kier alpha value is -1.93. The number of hydrogen-bond donors (Lipinski definition) is 1.